The van der Waals surface area contributed by atoms with Gasteiger partial charge < -0.3 is 18.9 Å². The lowest BCUT2D eigenvalue weighted by molar-refractivity contribution is 0.0526. The number of carbonyl (C=O) groups excluding carboxylic acids is 1. The highest BCUT2D eigenvalue weighted by Crippen LogP contribution is 2.22. The lowest BCUT2D eigenvalue weighted by atomic mass is 10.2. The number of furan rings is 1. The quantitative estimate of drug-likeness (QED) is 0.582. The van der Waals surface area contributed by atoms with E-state index in [1.807, 2.05) is 43.1 Å². The van der Waals surface area contributed by atoms with Crippen LogP contribution in [0.3, 0.4) is 0 Å². The molecule has 0 aliphatic rings. The first-order valence-corrected chi connectivity index (χ1v) is 9.47. The lowest BCUT2D eigenvalue weighted by Gasteiger charge is -2.16. The summed E-state index contributed by atoms with van der Waals surface area (Å²) >= 11 is 0. The third-order valence-corrected chi connectivity index (χ3v) is 4.51. The summed E-state index contributed by atoms with van der Waals surface area (Å²) in [4.78, 5) is 33.8. The van der Waals surface area contributed by atoms with Gasteiger partial charge in [-0.05, 0) is 39.4 Å². The second-order valence-electron chi connectivity index (χ2n) is 6.80. The molecule has 1 aromatic carbocycles. The largest absolute Gasteiger partial charge is 0.492 e. The highest BCUT2D eigenvalue weighted by molar-refractivity contribution is 6.03. The molecule has 29 heavy (non-hydrogen) atoms. The Bertz CT molecular complexity index is 1070. The predicted molar refractivity (Wildman–Crippen MR) is 108 cm³/mol. The van der Waals surface area contributed by atoms with Crippen molar-refractivity contribution in [2.45, 2.75) is 27.3 Å². The van der Waals surface area contributed by atoms with Gasteiger partial charge in [-0.3, -0.25) is 9.69 Å². The summed E-state index contributed by atoms with van der Waals surface area (Å²) in [6, 6.07) is 7.84. The van der Waals surface area contributed by atoms with Gasteiger partial charge in [0, 0.05) is 6.54 Å². The Balaban J connectivity index is 1.69. The van der Waals surface area contributed by atoms with Crippen LogP contribution in [0.1, 0.15) is 34.4 Å². The number of rotatable bonds is 8. The SMILES string of the molecule is CCOC(=O)c1c(C)oc2nc(CN(C)CCOc3ccccc3C)[nH]c(=O)c12. The van der Waals surface area contributed by atoms with Gasteiger partial charge in [0.2, 0.25) is 5.71 Å². The Labute approximate surface area is 168 Å². The third kappa shape index (κ3) is 4.65. The average Bonchev–Trinajstić information content (AvgIpc) is 3.00. The molecule has 0 saturated carbocycles. The second kappa shape index (κ2) is 8.91. The van der Waals surface area contributed by atoms with E-state index >= 15 is 0 Å². The molecule has 154 valence electrons. The van der Waals surface area contributed by atoms with E-state index in [1.165, 1.54) is 0 Å². The van der Waals surface area contributed by atoms with Gasteiger partial charge in [-0.2, -0.15) is 4.98 Å². The Morgan fingerprint density at radius 2 is 2.03 bits per heavy atom. The molecule has 0 bridgehead atoms. The number of aromatic amines is 1. The Morgan fingerprint density at radius 3 is 2.76 bits per heavy atom. The predicted octanol–water partition coefficient (Wildman–Crippen LogP) is 2.82. The zero-order chi connectivity index (χ0) is 21.0. The number of fused-ring (bicyclic) bond motifs is 1. The molecule has 0 atom stereocenters. The topological polar surface area (TPSA) is 97.7 Å². The molecule has 8 heteroatoms. The second-order valence-corrected chi connectivity index (χ2v) is 6.80. The van der Waals surface area contributed by atoms with Gasteiger partial charge in [0.15, 0.2) is 0 Å². The summed E-state index contributed by atoms with van der Waals surface area (Å²) in [5, 5.41) is 0.121. The fourth-order valence-electron chi connectivity index (χ4n) is 3.05. The number of hydrogen-bond acceptors (Lipinski definition) is 7. The number of aryl methyl sites for hydroxylation is 2. The fraction of sp³-hybridized carbons (Fsp3) is 0.381. The Morgan fingerprint density at radius 1 is 1.28 bits per heavy atom. The molecule has 2 heterocycles. The van der Waals surface area contributed by atoms with E-state index in [1.54, 1.807) is 13.8 Å². The van der Waals surface area contributed by atoms with Crippen LogP contribution in [0.15, 0.2) is 33.5 Å². The van der Waals surface area contributed by atoms with Crippen molar-refractivity contribution in [3.8, 4) is 5.75 Å². The zero-order valence-electron chi connectivity index (χ0n) is 17.1. The van der Waals surface area contributed by atoms with Crippen molar-refractivity contribution in [2.75, 3.05) is 26.8 Å². The van der Waals surface area contributed by atoms with Gasteiger partial charge in [0.05, 0.1) is 13.2 Å². The number of benzene rings is 1. The molecule has 0 aliphatic carbocycles. The molecule has 0 saturated heterocycles. The number of H-pyrrole nitrogens is 1. The van der Waals surface area contributed by atoms with E-state index in [-0.39, 0.29) is 23.3 Å². The molecule has 3 rings (SSSR count). The molecule has 0 radical (unpaired) electrons. The lowest BCUT2D eigenvalue weighted by Crippen LogP contribution is -2.26. The van der Waals surface area contributed by atoms with Crippen LogP contribution in [0, 0.1) is 13.8 Å². The van der Waals surface area contributed by atoms with Gasteiger partial charge in [-0.1, -0.05) is 18.2 Å². The van der Waals surface area contributed by atoms with Crippen LogP contribution < -0.4 is 10.3 Å². The molecule has 2 aromatic heterocycles. The molecule has 0 fully saturated rings. The summed E-state index contributed by atoms with van der Waals surface area (Å²) in [7, 11) is 1.91. The van der Waals surface area contributed by atoms with Gasteiger partial charge in [-0.25, -0.2) is 4.79 Å². The monoisotopic (exact) mass is 399 g/mol. The maximum atomic E-state index is 12.6. The van der Waals surface area contributed by atoms with Crippen LogP contribution in [0.2, 0.25) is 0 Å². The summed E-state index contributed by atoms with van der Waals surface area (Å²) in [6.45, 7) is 7.07. The maximum Gasteiger partial charge on any atom is 0.342 e. The van der Waals surface area contributed by atoms with Crippen molar-refractivity contribution in [3.63, 3.8) is 0 Å². The van der Waals surface area contributed by atoms with Crippen LogP contribution in [0.5, 0.6) is 5.75 Å². The minimum atomic E-state index is -0.589. The summed E-state index contributed by atoms with van der Waals surface area (Å²) in [5.41, 5.74) is 0.919. The third-order valence-electron chi connectivity index (χ3n) is 4.51. The van der Waals surface area contributed by atoms with E-state index in [0.29, 0.717) is 31.3 Å². The van der Waals surface area contributed by atoms with Crippen LogP contribution in [-0.4, -0.2) is 47.6 Å². The molecule has 8 nitrogen and oxygen atoms in total. The van der Waals surface area contributed by atoms with Crippen LogP contribution in [-0.2, 0) is 11.3 Å². The number of likely N-dealkylation sites (N-methyl/N-ethyl adjacent to an activating group) is 1. The Hall–Kier alpha value is -3.13. The first-order chi connectivity index (χ1) is 13.9. The number of esters is 1. The van der Waals surface area contributed by atoms with Gasteiger partial charge in [0.25, 0.3) is 5.56 Å². The number of para-hydroxylation sites is 1. The standard InChI is InChI=1S/C21H25N3O5/c1-5-27-21(26)17-14(3)29-20-18(17)19(25)22-16(23-20)12-24(4)10-11-28-15-9-7-6-8-13(15)2/h6-9H,5,10-12H2,1-4H3,(H,22,23,25). The van der Waals surface area contributed by atoms with Crippen molar-refractivity contribution in [1.29, 1.82) is 0 Å². The molecular weight excluding hydrogens is 374 g/mol. The van der Waals surface area contributed by atoms with Gasteiger partial charge in [-0.15, -0.1) is 0 Å². The highest BCUT2D eigenvalue weighted by atomic mass is 16.5. The van der Waals surface area contributed by atoms with E-state index < -0.39 is 11.5 Å². The number of nitrogens with zero attached hydrogens (tertiary/aromatic N) is 2. The van der Waals surface area contributed by atoms with Gasteiger partial charge >= 0.3 is 5.97 Å². The van der Waals surface area contributed by atoms with Crippen molar-refractivity contribution in [2.24, 2.45) is 0 Å². The van der Waals surface area contributed by atoms with Gasteiger partial charge in [0.1, 0.15) is 34.9 Å². The molecule has 0 spiro atoms. The summed E-state index contributed by atoms with van der Waals surface area (Å²) < 4.78 is 16.4. The molecular formula is C21H25N3O5. The number of hydrogen-bond donors (Lipinski definition) is 1. The van der Waals surface area contributed by atoms with Crippen molar-refractivity contribution < 1.29 is 18.7 Å². The molecule has 0 unspecified atom stereocenters. The number of ether oxygens (including phenoxy) is 2. The Kier molecular flexibility index (Phi) is 6.33. The van der Waals surface area contributed by atoms with Crippen molar-refractivity contribution in [3.05, 3.63) is 57.3 Å². The average molecular weight is 399 g/mol. The molecule has 3 aromatic rings. The zero-order valence-corrected chi connectivity index (χ0v) is 17.1. The minimum Gasteiger partial charge on any atom is -0.492 e. The van der Waals surface area contributed by atoms with E-state index in [0.717, 1.165) is 11.3 Å². The number of nitrogens with one attached hydrogen (secondary N) is 1. The number of carbonyl (C=O) groups is 1. The van der Waals surface area contributed by atoms with Crippen molar-refractivity contribution in [1.82, 2.24) is 14.9 Å². The van der Waals surface area contributed by atoms with Crippen molar-refractivity contribution >= 4 is 17.1 Å². The minimum absolute atomic E-state index is 0.121. The first-order valence-electron chi connectivity index (χ1n) is 9.47. The highest BCUT2D eigenvalue weighted by Gasteiger charge is 2.23. The molecule has 1 N–H and O–H groups in total. The van der Waals surface area contributed by atoms with E-state index in [2.05, 4.69) is 9.97 Å². The van der Waals surface area contributed by atoms with E-state index in [9.17, 15) is 9.59 Å². The van der Waals surface area contributed by atoms with E-state index in [4.69, 9.17) is 13.9 Å². The van der Waals surface area contributed by atoms with Crippen LogP contribution in [0.25, 0.3) is 11.1 Å². The molecule has 0 amide bonds. The normalized spacial score (nSPS) is 11.2. The number of aromatic nitrogens is 2. The van der Waals surface area contributed by atoms with Crippen LogP contribution >= 0.6 is 0 Å². The fourth-order valence-corrected chi connectivity index (χ4v) is 3.05. The maximum absolute atomic E-state index is 12.6. The van der Waals surface area contributed by atoms with Crippen LogP contribution in [0.4, 0.5) is 0 Å². The first kappa shape index (κ1) is 20.6. The smallest absolute Gasteiger partial charge is 0.342 e. The summed E-state index contributed by atoms with van der Waals surface area (Å²) in [6.07, 6.45) is 0. The molecule has 0 aliphatic heterocycles. The summed E-state index contributed by atoms with van der Waals surface area (Å²) in [5.74, 6) is 1.03.